The molecule has 1 nitrogen and oxygen atoms in total. The van der Waals surface area contributed by atoms with Gasteiger partial charge in [0.25, 0.3) is 0 Å². The largest absolute Gasteiger partial charge is 0.315 e. The van der Waals surface area contributed by atoms with Crippen LogP contribution in [0, 0.1) is 6.92 Å². The van der Waals surface area contributed by atoms with Crippen LogP contribution in [0.25, 0.3) is 10.1 Å². The molecule has 2 rings (SSSR count). The minimum atomic E-state index is 0.961. The van der Waals surface area contributed by atoms with Crippen molar-refractivity contribution in [3.63, 3.8) is 0 Å². The van der Waals surface area contributed by atoms with E-state index in [4.69, 9.17) is 0 Å². The number of hydrogen-bond donors (Lipinski definition) is 1. The molecule has 0 fully saturated rings. The molecule has 3 heteroatoms. The molecular formula is C11H12BrNS. The normalized spacial score (nSPS) is 11.1. The van der Waals surface area contributed by atoms with Gasteiger partial charge in [0.05, 0.1) is 0 Å². The van der Waals surface area contributed by atoms with E-state index in [9.17, 15) is 0 Å². The van der Waals surface area contributed by atoms with Crippen molar-refractivity contribution in [2.45, 2.75) is 13.5 Å². The Bertz CT molecular complexity index is 462. The summed E-state index contributed by atoms with van der Waals surface area (Å²) in [4.78, 5) is 1.43. The number of nitrogens with one attached hydrogen (secondary N) is 1. The molecule has 0 saturated heterocycles. The van der Waals surface area contributed by atoms with Crippen molar-refractivity contribution in [1.29, 1.82) is 0 Å². The zero-order valence-electron chi connectivity index (χ0n) is 8.23. The van der Waals surface area contributed by atoms with Gasteiger partial charge in [-0.1, -0.05) is 22.0 Å². The summed E-state index contributed by atoms with van der Waals surface area (Å²) < 4.78 is 2.52. The Morgan fingerprint density at radius 2 is 2.21 bits per heavy atom. The lowest BCUT2D eigenvalue weighted by Crippen LogP contribution is -2.03. The quantitative estimate of drug-likeness (QED) is 0.877. The molecule has 0 atom stereocenters. The lowest BCUT2D eigenvalue weighted by atomic mass is 10.1. The van der Waals surface area contributed by atoms with E-state index in [-0.39, 0.29) is 0 Å². The van der Waals surface area contributed by atoms with Crippen molar-refractivity contribution >= 4 is 37.4 Å². The van der Waals surface area contributed by atoms with E-state index < -0.39 is 0 Å². The number of fused-ring (bicyclic) bond motifs is 1. The fourth-order valence-electron chi connectivity index (χ4n) is 1.58. The Hall–Kier alpha value is -0.380. The second-order valence-electron chi connectivity index (χ2n) is 3.32. The summed E-state index contributed by atoms with van der Waals surface area (Å²) in [5, 5.41) is 4.58. The van der Waals surface area contributed by atoms with Gasteiger partial charge in [0, 0.05) is 20.6 Å². The molecule has 0 amide bonds. The van der Waals surface area contributed by atoms with Crippen molar-refractivity contribution in [2.24, 2.45) is 0 Å². The fraction of sp³-hybridized carbons (Fsp3) is 0.273. The highest BCUT2D eigenvalue weighted by Crippen LogP contribution is 2.32. The van der Waals surface area contributed by atoms with E-state index in [1.165, 1.54) is 20.5 Å². The number of hydrogen-bond acceptors (Lipinski definition) is 2. The highest BCUT2D eigenvalue weighted by molar-refractivity contribution is 9.10. The summed E-state index contributed by atoms with van der Waals surface area (Å²) in [5.74, 6) is 0. The SMILES string of the molecule is CNCc1sc2cc(Br)ccc2c1C. The fourth-order valence-corrected chi connectivity index (χ4v) is 3.35. The van der Waals surface area contributed by atoms with E-state index in [1.807, 2.05) is 18.4 Å². The molecular weight excluding hydrogens is 258 g/mol. The minimum absolute atomic E-state index is 0.961. The molecule has 0 aliphatic rings. The van der Waals surface area contributed by atoms with Gasteiger partial charge in [0.15, 0.2) is 0 Å². The predicted molar refractivity (Wildman–Crippen MR) is 67.0 cm³/mol. The molecule has 1 aromatic carbocycles. The third kappa shape index (κ3) is 1.72. The Labute approximate surface area is 96.3 Å². The van der Waals surface area contributed by atoms with Gasteiger partial charge in [-0.3, -0.25) is 0 Å². The first kappa shape index (κ1) is 10.1. The van der Waals surface area contributed by atoms with Gasteiger partial charge < -0.3 is 5.32 Å². The highest BCUT2D eigenvalue weighted by Gasteiger charge is 2.07. The zero-order valence-corrected chi connectivity index (χ0v) is 10.6. The first-order chi connectivity index (χ1) is 6.72. The van der Waals surface area contributed by atoms with Gasteiger partial charge in [0.2, 0.25) is 0 Å². The van der Waals surface area contributed by atoms with Crippen LogP contribution < -0.4 is 5.32 Å². The topological polar surface area (TPSA) is 12.0 Å². The summed E-state index contributed by atoms with van der Waals surface area (Å²) in [6.45, 7) is 3.15. The monoisotopic (exact) mass is 269 g/mol. The molecule has 74 valence electrons. The Kier molecular flexibility index (Phi) is 2.91. The second kappa shape index (κ2) is 4.01. The summed E-state index contributed by atoms with van der Waals surface area (Å²) in [6.07, 6.45) is 0. The van der Waals surface area contributed by atoms with Crippen molar-refractivity contribution in [1.82, 2.24) is 5.32 Å². The predicted octanol–water partition coefficient (Wildman–Crippen LogP) is 3.69. The van der Waals surface area contributed by atoms with Gasteiger partial charge in [-0.05, 0) is 37.1 Å². The Morgan fingerprint density at radius 1 is 1.43 bits per heavy atom. The van der Waals surface area contributed by atoms with Crippen LogP contribution in [0.5, 0.6) is 0 Å². The van der Waals surface area contributed by atoms with Crippen LogP contribution in [0.4, 0.5) is 0 Å². The summed E-state index contributed by atoms with van der Waals surface area (Å²) in [5.41, 5.74) is 1.41. The van der Waals surface area contributed by atoms with Crippen molar-refractivity contribution in [3.05, 3.63) is 33.1 Å². The highest BCUT2D eigenvalue weighted by atomic mass is 79.9. The van der Waals surface area contributed by atoms with Crippen LogP contribution in [0.1, 0.15) is 10.4 Å². The standard InChI is InChI=1S/C11H12BrNS/c1-7-9-4-3-8(12)5-10(9)14-11(7)6-13-2/h3-5,13H,6H2,1-2H3. The van der Waals surface area contributed by atoms with Gasteiger partial charge >= 0.3 is 0 Å². The third-order valence-electron chi connectivity index (χ3n) is 2.34. The van der Waals surface area contributed by atoms with Gasteiger partial charge in [-0.25, -0.2) is 0 Å². The van der Waals surface area contributed by atoms with E-state index in [1.54, 1.807) is 0 Å². The van der Waals surface area contributed by atoms with Crippen LogP contribution >= 0.6 is 27.3 Å². The van der Waals surface area contributed by atoms with Crippen LogP contribution in [-0.2, 0) is 6.54 Å². The van der Waals surface area contributed by atoms with Gasteiger partial charge in [-0.15, -0.1) is 11.3 Å². The molecule has 14 heavy (non-hydrogen) atoms. The van der Waals surface area contributed by atoms with Crippen LogP contribution in [-0.4, -0.2) is 7.05 Å². The van der Waals surface area contributed by atoms with Gasteiger partial charge in [0.1, 0.15) is 0 Å². The smallest absolute Gasteiger partial charge is 0.0360 e. The maximum absolute atomic E-state index is 3.50. The average Bonchev–Trinajstić information content (AvgIpc) is 2.44. The molecule has 0 aliphatic carbocycles. The number of halogens is 1. The molecule has 0 spiro atoms. The molecule has 0 radical (unpaired) electrons. The lowest BCUT2D eigenvalue weighted by Gasteiger charge is -1.96. The van der Waals surface area contributed by atoms with Crippen LogP contribution in [0.2, 0.25) is 0 Å². The number of rotatable bonds is 2. The Balaban J connectivity index is 2.61. The van der Waals surface area contributed by atoms with Crippen molar-refractivity contribution in [2.75, 3.05) is 7.05 Å². The first-order valence-electron chi connectivity index (χ1n) is 4.54. The maximum Gasteiger partial charge on any atom is 0.0360 e. The summed E-state index contributed by atoms with van der Waals surface area (Å²) in [6, 6.07) is 6.47. The van der Waals surface area contributed by atoms with E-state index in [0.717, 1.165) is 11.0 Å². The van der Waals surface area contributed by atoms with Crippen molar-refractivity contribution in [3.8, 4) is 0 Å². The van der Waals surface area contributed by atoms with Gasteiger partial charge in [-0.2, -0.15) is 0 Å². The number of benzene rings is 1. The van der Waals surface area contributed by atoms with Crippen molar-refractivity contribution < 1.29 is 0 Å². The van der Waals surface area contributed by atoms with E-state index in [0.29, 0.717) is 0 Å². The number of thiophene rings is 1. The number of aryl methyl sites for hydroxylation is 1. The summed E-state index contributed by atoms with van der Waals surface area (Å²) >= 11 is 5.37. The molecule has 1 aromatic heterocycles. The Morgan fingerprint density at radius 3 is 2.93 bits per heavy atom. The molecule has 0 bridgehead atoms. The second-order valence-corrected chi connectivity index (χ2v) is 5.37. The average molecular weight is 270 g/mol. The molecule has 1 N–H and O–H groups in total. The van der Waals surface area contributed by atoms with E-state index >= 15 is 0 Å². The summed E-state index contributed by atoms with van der Waals surface area (Å²) in [7, 11) is 1.99. The molecule has 0 aliphatic heterocycles. The third-order valence-corrected chi connectivity index (χ3v) is 4.08. The first-order valence-corrected chi connectivity index (χ1v) is 6.15. The van der Waals surface area contributed by atoms with Crippen LogP contribution in [0.15, 0.2) is 22.7 Å². The maximum atomic E-state index is 3.50. The molecule has 0 unspecified atom stereocenters. The lowest BCUT2D eigenvalue weighted by molar-refractivity contribution is 0.827. The zero-order chi connectivity index (χ0) is 10.1. The van der Waals surface area contributed by atoms with Crippen LogP contribution in [0.3, 0.4) is 0 Å². The molecule has 0 saturated carbocycles. The van der Waals surface area contributed by atoms with E-state index in [2.05, 4.69) is 46.4 Å². The minimum Gasteiger partial charge on any atom is -0.315 e. The molecule has 2 aromatic rings. The molecule has 1 heterocycles.